The summed E-state index contributed by atoms with van der Waals surface area (Å²) in [4.78, 5) is 13.2. The Kier molecular flexibility index (Phi) is 14.0. The van der Waals surface area contributed by atoms with Gasteiger partial charge in [-0.2, -0.15) is 0 Å². The smallest absolute Gasteiger partial charge is 0.161 e. The van der Waals surface area contributed by atoms with E-state index in [9.17, 15) is 20.1 Å². The Morgan fingerprint density at radius 2 is 1.84 bits per heavy atom. The number of aliphatic hydroxyl groups excluding tert-OH is 2. The van der Waals surface area contributed by atoms with Gasteiger partial charge in [0.25, 0.3) is 0 Å². The van der Waals surface area contributed by atoms with Gasteiger partial charge in [0.15, 0.2) is 11.5 Å². The molecule has 0 radical (unpaired) electrons. The number of ether oxygens (including phenoxy) is 3. The predicted octanol–water partition coefficient (Wildman–Crippen LogP) is 7.80. The number of aliphatic hydroxyl groups is 2. The average molecular weight is 694 g/mol. The van der Waals surface area contributed by atoms with E-state index >= 15 is 0 Å². The van der Waals surface area contributed by atoms with Gasteiger partial charge in [-0.3, -0.25) is 4.79 Å². The van der Waals surface area contributed by atoms with Crippen LogP contribution in [-0.2, 0) is 42.0 Å². The van der Waals surface area contributed by atoms with Gasteiger partial charge in [-0.15, -0.1) is 0 Å². The number of anilines is 1. The molecule has 0 aromatic heterocycles. The molecule has 2 aliphatic heterocycles. The largest absolute Gasteiger partial charge is 0.508 e. The number of aromatic hydroxyl groups is 1. The monoisotopic (exact) mass is 693 g/mol. The van der Waals surface area contributed by atoms with Crippen molar-refractivity contribution in [2.75, 3.05) is 19.0 Å². The number of benzene rings is 4. The topological polar surface area (TPSA) is 117 Å². The van der Waals surface area contributed by atoms with E-state index in [4.69, 9.17) is 14.2 Å². The fraction of sp³-hybridized carbons (Fsp3) is 0.419. The molecule has 0 unspecified atom stereocenters. The SMILES string of the molecule is COc1ccc2cc1OCc1cc3ccc(O)c(c3cc1CO)CC#CO[C@@H](CCCCCCCc1cccc(NC[C@H](C)O)c1)CC(=O)CC2. The van der Waals surface area contributed by atoms with E-state index in [0.717, 1.165) is 72.5 Å². The van der Waals surface area contributed by atoms with Gasteiger partial charge < -0.3 is 34.8 Å². The Balaban J connectivity index is 1.24. The Bertz CT molecular complexity index is 1820. The molecule has 270 valence electrons. The van der Waals surface area contributed by atoms with Gasteiger partial charge in [-0.1, -0.05) is 49.4 Å². The molecule has 6 rings (SSSR count). The zero-order valence-electron chi connectivity index (χ0n) is 29.9. The third-order valence-corrected chi connectivity index (χ3v) is 9.44. The van der Waals surface area contributed by atoms with Crippen LogP contribution in [-0.4, -0.2) is 47.0 Å². The first-order valence-corrected chi connectivity index (χ1v) is 18.2. The maximum atomic E-state index is 13.2. The fourth-order valence-corrected chi connectivity index (χ4v) is 6.55. The summed E-state index contributed by atoms with van der Waals surface area (Å²) < 4.78 is 17.8. The zero-order valence-corrected chi connectivity index (χ0v) is 29.9. The molecule has 4 N–H and O–H groups in total. The van der Waals surface area contributed by atoms with Crippen LogP contribution in [0.3, 0.4) is 0 Å². The van der Waals surface area contributed by atoms with Gasteiger partial charge in [-0.05, 0) is 115 Å². The highest BCUT2D eigenvalue weighted by Gasteiger charge is 2.17. The van der Waals surface area contributed by atoms with Gasteiger partial charge in [0.2, 0.25) is 0 Å². The maximum absolute atomic E-state index is 13.2. The Morgan fingerprint density at radius 1 is 1.00 bits per heavy atom. The molecule has 2 aliphatic rings. The quantitative estimate of drug-likeness (QED) is 0.0829. The second kappa shape index (κ2) is 19.1. The molecule has 6 bridgehead atoms. The third-order valence-electron chi connectivity index (χ3n) is 9.44. The summed E-state index contributed by atoms with van der Waals surface area (Å²) in [6.45, 7) is 2.34. The van der Waals surface area contributed by atoms with Gasteiger partial charge in [-0.25, -0.2) is 0 Å². The molecule has 4 aromatic carbocycles. The molecule has 2 heterocycles. The molecule has 8 heteroatoms. The lowest BCUT2D eigenvalue weighted by Crippen LogP contribution is -2.16. The number of hydrogen-bond donors (Lipinski definition) is 4. The van der Waals surface area contributed by atoms with Crippen LogP contribution in [0.1, 0.15) is 86.1 Å². The van der Waals surface area contributed by atoms with Crippen LogP contribution < -0.4 is 14.8 Å². The van der Waals surface area contributed by atoms with Crippen molar-refractivity contribution in [3.63, 3.8) is 0 Å². The maximum Gasteiger partial charge on any atom is 0.161 e. The number of phenolic OH excluding ortho intramolecular Hbond substituents is 1. The molecule has 2 atom stereocenters. The first-order valence-electron chi connectivity index (χ1n) is 18.2. The van der Waals surface area contributed by atoms with Gasteiger partial charge in [0.05, 0.1) is 19.8 Å². The lowest BCUT2D eigenvalue weighted by atomic mass is 9.96. The highest BCUT2D eigenvalue weighted by molar-refractivity contribution is 5.89. The van der Waals surface area contributed by atoms with Crippen LogP contribution in [0.25, 0.3) is 10.8 Å². The summed E-state index contributed by atoms with van der Waals surface area (Å²) in [5.74, 6) is 4.49. The van der Waals surface area contributed by atoms with E-state index in [0.29, 0.717) is 42.0 Å². The lowest BCUT2D eigenvalue weighted by molar-refractivity contribution is -0.121. The molecule has 4 aromatic rings. The van der Waals surface area contributed by atoms with E-state index in [1.54, 1.807) is 20.1 Å². The second-order valence-electron chi connectivity index (χ2n) is 13.5. The van der Waals surface area contributed by atoms with Crippen LogP contribution in [0, 0.1) is 12.0 Å². The molecular weight excluding hydrogens is 642 g/mol. The van der Waals surface area contributed by atoms with Crippen LogP contribution >= 0.6 is 0 Å². The number of carbonyl (C=O) groups is 1. The summed E-state index contributed by atoms with van der Waals surface area (Å²) >= 11 is 0. The zero-order chi connectivity index (χ0) is 36.0. The Hall–Kier alpha value is -4.71. The van der Waals surface area contributed by atoms with E-state index in [1.165, 1.54) is 5.56 Å². The first-order chi connectivity index (χ1) is 24.8. The molecule has 0 saturated heterocycles. The van der Waals surface area contributed by atoms with Crippen LogP contribution in [0.15, 0.2) is 66.7 Å². The van der Waals surface area contributed by atoms with Gasteiger partial charge >= 0.3 is 0 Å². The minimum Gasteiger partial charge on any atom is -0.508 e. The van der Waals surface area contributed by atoms with Crippen LogP contribution in [0.5, 0.6) is 17.2 Å². The first kappa shape index (κ1) is 37.5. The molecule has 51 heavy (non-hydrogen) atoms. The average Bonchev–Trinajstić information content (AvgIpc) is 3.13. The third kappa shape index (κ3) is 11.1. The number of Topliss-reactive ketones (excluding diaryl/α,β-unsaturated/α-hetero) is 1. The number of fused-ring (bicyclic) bond motifs is 9. The number of unbranched alkanes of at least 4 members (excludes halogenated alkanes) is 4. The number of methoxy groups -OCH3 is 1. The van der Waals surface area contributed by atoms with Crippen molar-refractivity contribution in [3.8, 4) is 29.3 Å². The fourth-order valence-electron chi connectivity index (χ4n) is 6.55. The Labute approximate surface area is 301 Å². The number of nitrogens with one attached hydrogen (secondary N) is 1. The molecule has 0 aliphatic carbocycles. The van der Waals surface area contributed by atoms with E-state index in [-0.39, 0.29) is 49.8 Å². The standard InChI is InChI=1S/C43H51NO7/c1-30(46)27-44-36-12-8-11-31(22-36)10-6-4-3-5-7-13-38-26-37(47)18-15-32-16-20-42(49-2)43(23-32)51-29-35-24-33-17-19-41(48)39(14-9-21-50-38)40(33)25-34(35)28-45/h8,11-12,16-17,19-20,22-25,30,38,44-46,48H,3-7,10,13-15,18,26-29H2,1-2H3/t30-,38-/m0/s1. The number of carbonyl (C=O) groups excluding carboxylic acids is 1. The van der Waals surface area contributed by atoms with Crippen LogP contribution in [0.4, 0.5) is 5.69 Å². The van der Waals surface area contributed by atoms with Crippen molar-refractivity contribution < 1.29 is 34.3 Å². The van der Waals surface area contributed by atoms with Crippen molar-refractivity contribution in [2.24, 2.45) is 0 Å². The number of rotatable bonds is 13. The summed E-state index contributed by atoms with van der Waals surface area (Å²) in [5, 5.41) is 35.5. The summed E-state index contributed by atoms with van der Waals surface area (Å²) in [7, 11) is 1.60. The minimum absolute atomic E-state index is 0.121. The molecule has 0 spiro atoms. The summed E-state index contributed by atoms with van der Waals surface area (Å²) in [6.07, 6.45) is 10.7. The Morgan fingerprint density at radius 3 is 2.67 bits per heavy atom. The van der Waals surface area contributed by atoms with Crippen molar-refractivity contribution in [1.82, 2.24) is 0 Å². The second-order valence-corrected chi connectivity index (χ2v) is 13.5. The van der Waals surface area contributed by atoms with Crippen molar-refractivity contribution >= 4 is 22.2 Å². The van der Waals surface area contributed by atoms with Crippen molar-refractivity contribution in [3.05, 3.63) is 94.5 Å². The molecule has 0 fully saturated rings. The number of ketones is 1. The van der Waals surface area contributed by atoms with Crippen molar-refractivity contribution in [2.45, 2.75) is 103 Å². The number of phenols is 1. The normalized spacial score (nSPS) is 15.5. The number of aryl methyl sites for hydroxylation is 2. The highest BCUT2D eigenvalue weighted by Crippen LogP contribution is 2.33. The number of hydrogen-bond acceptors (Lipinski definition) is 8. The molecular formula is C43H51NO7. The predicted molar refractivity (Wildman–Crippen MR) is 201 cm³/mol. The van der Waals surface area contributed by atoms with Gasteiger partial charge in [0.1, 0.15) is 30.4 Å². The molecule has 0 amide bonds. The highest BCUT2D eigenvalue weighted by atomic mass is 16.5. The summed E-state index contributed by atoms with van der Waals surface area (Å²) in [6, 6.07) is 21.5. The van der Waals surface area contributed by atoms with Crippen molar-refractivity contribution in [1.29, 1.82) is 0 Å². The lowest BCUT2D eigenvalue weighted by Gasteiger charge is -2.16. The minimum atomic E-state index is -0.388. The molecule has 0 saturated carbocycles. The summed E-state index contributed by atoms with van der Waals surface area (Å²) in [5.41, 5.74) is 5.48. The van der Waals surface area contributed by atoms with E-state index in [1.807, 2.05) is 42.5 Å². The van der Waals surface area contributed by atoms with Gasteiger partial charge in [0, 0.05) is 37.1 Å². The van der Waals surface area contributed by atoms with Crippen LogP contribution in [0.2, 0.25) is 0 Å². The molecule has 8 nitrogen and oxygen atoms in total. The van der Waals surface area contributed by atoms with E-state index in [2.05, 4.69) is 35.5 Å². The van der Waals surface area contributed by atoms with E-state index < -0.39 is 0 Å².